The number of carbonyl (C=O) groups is 1. The third kappa shape index (κ3) is 5.57. The van der Waals surface area contributed by atoms with Gasteiger partial charge in [0.25, 0.3) is 10.0 Å². The predicted octanol–water partition coefficient (Wildman–Crippen LogP) is 3.97. The summed E-state index contributed by atoms with van der Waals surface area (Å²) in [5.74, 6) is 0.581. The van der Waals surface area contributed by atoms with Crippen LogP contribution < -0.4 is 15.2 Å². The molecule has 0 atom stereocenters. The van der Waals surface area contributed by atoms with Crippen molar-refractivity contribution in [2.45, 2.75) is 25.2 Å². The molecule has 30 heavy (non-hydrogen) atoms. The summed E-state index contributed by atoms with van der Waals surface area (Å²) in [6.45, 7) is 4.22. The van der Waals surface area contributed by atoms with Gasteiger partial charge in [0, 0.05) is 11.6 Å². The summed E-state index contributed by atoms with van der Waals surface area (Å²) < 4.78 is 33.3. The smallest absolute Gasteiger partial charge is 0.261 e. The second kappa shape index (κ2) is 8.96. The predicted molar refractivity (Wildman–Crippen MR) is 115 cm³/mol. The van der Waals surface area contributed by atoms with E-state index in [0.29, 0.717) is 22.9 Å². The van der Waals surface area contributed by atoms with Crippen LogP contribution in [0.4, 0.5) is 5.69 Å². The minimum Gasteiger partial charge on any atom is -0.439 e. The van der Waals surface area contributed by atoms with Gasteiger partial charge in [0.2, 0.25) is 11.8 Å². The highest BCUT2D eigenvalue weighted by atomic mass is 32.2. The minimum atomic E-state index is -3.73. The molecule has 0 saturated heterocycles. The monoisotopic (exact) mass is 425 g/mol. The fourth-order valence-corrected chi connectivity index (χ4v) is 3.87. The molecule has 0 fully saturated rings. The number of nitrogens with zero attached hydrogens (tertiary/aromatic N) is 1. The number of ether oxygens (including phenoxy) is 1. The maximum Gasteiger partial charge on any atom is 0.261 e. The van der Waals surface area contributed by atoms with Crippen LogP contribution in [0.2, 0.25) is 0 Å². The van der Waals surface area contributed by atoms with Gasteiger partial charge in [-0.2, -0.15) is 0 Å². The topological polar surface area (TPSA) is 111 Å². The van der Waals surface area contributed by atoms with E-state index in [9.17, 15) is 13.2 Å². The van der Waals surface area contributed by atoms with Crippen molar-refractivity contribution in [2.75, 3.05) is 4.72 Å². The molecule has 0 spiro atoms. The minimum absolute atomic E-state index is 0.179. The highest BCUT2D eigenvalue weighted by Crippen LogP contribution is 2.23. The van der Waals surface area contributed by atoms with Crippen molar-refractivity contribution in [3.63, 3.8) is 0 Å². The molecule has 0 radical (unpaired) electrons. The van der Waals surface area contributed by atoms with Gasteiger partial charge in [-0.25, -0.2) is 13.4 Å². The number of primary amides is 1. The number of amides is 1. The first-order valence-electron chi connectivity index (χ1n) is 9.38. The Labute approximate surface area is 176 Å². The summed E-state index contributed by atoms with van der Waals surface area (Å²) in [5.41, 5.74) is 6.97. The Hall–Kier alpha value is -3.39. The normalized spacial score (nSPS) is 11.3. The molecule has 1 aromatic heterocycles. The van der Waals surface area contributed by atoms with Crippen LogP contribution in [0.3, 0.4) is 0 Å². The summed E-state index contributed by atoms with van der Waals surface area (Å²) in [6.07, 6.45) is 2.25. The molecule has 0 bridgehead atoms. The summed E-state index contributed by atoms with van der Waals surface area (Å²) in [6, 6.07) is 16.3. The van der Waals surface area contributed by atoms with E-state index in [4.69, 9.17) is 10.5 Å². The van der Waals surface area contributed by atoms with Crippen LogP contribution >= 0.6 is 0 Å². The average Bonchev–Trinajstić information content (AvgIpc) is 2.69. The maximum absolute atomic E-state index is 12.6. The molecule has 0 unspecified atom stereocenters. The first kappa shape index (κ1) is 21.3. The Bertz CT molecular complexity index is 1130. The second-order valence-electron chi connectivity index (χ2n) is 7.23. The lowest BCUT2D eigenvalue weighted by Gasteiger charge is -2.10. The molecule has 7 nitrogen and oxygen atoms in total. The molecule has 0 saturated carbocycles. The van der Waals surface area contributed by atoms with Crippen LogP contribution in [0.15, 0.2) is 71.8 Å². The highest BCUT2D eigenvalue weighted by molar-refractivity contribution is 7.92. The van der Waals surface area contributed by atoms with Crippen LogP contribution in [0.25, 0.3) is 0 Å². The number of carbonyl (C=O) groups excluding carboxylic acids is 1. The third-order valence-corrected chi connectivity index (χ3v) is 5.60. The molecule has 1 heterocycles. The maximum atomic E-state index is 12.6. The Kier molecular flexibility index (Phi) is 6.37. The van der Waals surface area contributed by atoms with Crippen molar-refractivity contribution in [1.29, 1.82) is 0 Å². The van der Waals surface area contributed by atoms with Crippen LogP contribution in [0.1, 0.15) is 29.8 Å². The molecular formula is C22H23N3O4S. The fraction of sp³-hybridized carbons (Fsp3) is 0.182. The van der Waals surface area contributed by atoms with E-state index in [0.717, 1.165) is 12.0 Å². The van der Waals surface area contributed by atoms with E-state index in [-0.39, 0.29) is 10.8 Å². The van der Waals surface area contributed by atoms with Crippen LogP contribution in [-0.2, 0) is 16.4 Å². The molecular weight excluding hydrogens is 402 g/mol. The van der Waals surface area contributed by atoms with Gasteiger partial charge in [-0.05, 0) is 54.3 Å². The lowest BCUT2D eigenvalue weighted by Crippen LogP contribution is -2.13. The summed E-state index contributed by atoms with van der Waals surface area (Å²) >= 11 is 0. The average molecular weight is 426 g/mol. The van der Waals surface area contributed by atoms with E-state index in [2.05, 4.69) is 23.6 Å². The molecule has 2 aromatic carbocycles. The number of sulfonamides is 1. The number of rotatable bonds is 8. The second-order valence-corrected chi connectivity index (χ2v) is 8.91. The molecule has 156 valence electrons. The lowest BCUT2D eigenvalue weighted by molar-refractivity contribution is 0.1000. The number of hydrogen-bond donors (Lipinski definition) is 2. The van der Waals surface area contributed by atoms with Gasteiger partial charge in [0.1, 0.15) is 5.75 Å². The quantitative estimate of drug-likeness (QED) is 0.567. The largest absolute Gasteiger partial charge is 0.439 e. The highest BCUT2D eigenvalue weighted by Gasteiger charge is 2.15. The van der Waals surface area contributed by atoms with Crippen LogP contribution in [-0.4, -0.2) is 19.3 Å². The number of hydrogen-bond acceptors (Lipinski definition) is 5. The van der Waals surface area contributed by atoms with Gasteiger partial charge in [0.15, 0.2) is 0 Å². The molecule has 0 aliphatic carbocycles. The van der Waals surface area contributed by atoms with Crippen LogP contribution in [0, 0.1) is 5.92 Å². The number of aromatic nitrogens is 1. The van der Waals surface area contributed by atoms with Gasteiger partial charge >= 0.3 is 0 Å². The van der Waals surface area contributed by atoms with Gasteiger partial charge in [-0.3, -0.25) is 9.52 Å². The van der Waals surface area contributed by atoms with E-state index < -0.39 is 15.9 Å². The van der Waals surface area contributed by atoms with Crippen LogP contribution in [0.5, 0.6) is 11.6 Å². The van der Waals surface area contributed by atoms with E-state index >= 15 is 0 Å². The Morgan fingerprint density at radius 3 is 2.43 bits per heavy atom. The first-order valence-corrected chi connectivity index (χ1v) is 10.9. The number of anilines is 1. The van der Waals surface area contributed by atoms with Crippen molar-refractivity contribution in [3.8, 4) is 11.6 Å². The van der Waals surface area contributed by atoms with Gasteiger partial charge in [-0.15, -0.1) is 0 Å². The SMILES string of the molecule is CC(C)Cc1ccc(S(=O)(=O)Nc2ccc(Oc3cccc(C(N)=O)c3)nc2)cc1. The fourth-order valence-electron chi connectivity index (χ4n) is 2.82. The standard InChI is InChI=1S/C22H23N3O4S/c1-15(2)12-16-6-9-20(10-7-16)30(27,28)25-18-8-11-21(24-14-18)29-19-5-3-4-17(13-19)22(23)26/h3-11,13-15,25H,12H2,1-2H3,(H2,23,26). The molecule has 8 heteroatoms. The van der Waals surface area contributed by atoms with Gasteiger partial charge in [0.05, 0.1) is 16.8 Å². The van der Waals surface area contributed by atoms with Crippen molar-refractivity contribution >= 4 is 21.6 Å². The summed E-state index contributed by atoms with van der Waals surface area (Å²) in [4.78, 5) is 15.5. The van der Waals surface area contributed by atoms with Gasteiger partial charge < -0.3 is 10.5 Å². The molecule has 1 amide bonds. The van der Waals surface area contributed by atoms with E-state index in [1.165, 1.54) is 18.3 Å². The van der Waals surface area contributed by atoms with E-state index in [1.807, 2.05) is 12.1 Å². The molecule has 3 aromatic rings. The lowest BCUT2D eigenvalue weighted by atomic mass is 10.0. The Balaban J connectivity index is 1.68. The Morgan fingerprint density at radius 2 is 1.83 bits per heavy atom. The Morgan fingerprint density at radius 1 is 1.10 bits per heavy atom. The zero-order valence-corrected chi connectivity index (χ0v) is 17.5. The number of nitrogens with two attached hydrogens (primary N) is 1. The van der Waals surface area contributed by atoms with Crippen molar-refractivity contribution in [2.24, 2.45) is 11.7 Å². The van der Waals surface area contributed by atoms with Crippen molar-refractivity contribution < 1.29 is 17.9 Å². The number of pyridine rings is 1. The molecule has 0 aliphatic heterocycles. The molecule has 3 N–H and O–H groups in total. The zero-order valence-electron chi connectivity index (χ0n) is 16.7. The molecule has 3 rings (SSSR count). The third-order valence-electron chi connectivity index (χ3n) is 4.21. The first-order chi connectivity index (χ1) is 14.2. The van der Waals surface area contributed by atoms with Crippen molar-refractivity contribution in [1.82, 2.24) is 4.98 Å². The summed E-state index contributed by atoms with van der Waals surface area (Å²) in [5, 5.41) is 0. The van der Waals surface area contributed by atoms with E-state index in [1.54, 1.807) is 36.4 Å². The summed E-state index contributed by atoms with van der Waals surface area (Å²) in [7, 11) is -3.73. The van der Waals surface area contributed by atoms with Gasteiger partial charge in [-0.1, -0.05) is 32.0 Å². The number of nitrogens with one attached hydrogen (secondary N) is 1. The zero-order chi connectivity index (χ0) is 21.7. The van der Waals surface area contributed by atoms with Crippen molar-refractivity contribution in [3.05, 3.63) is 78.0 Å². The number of benzene rings is 2. The molecule has 0 aliphatic rings.